The van der Waals surface area contributed by atoms with Gasteiger partial charge in [0, 0.05) is 30.2 Å². The van der Waals surface area contributed by atoms with E-state index in [0.717, 1.165) is 12.8 Å². The van der Waals surface area contributed by atoms with Gasteiger partial charge in [0.1, 0.15) is 5.75 Å². The first-order chi connectivity index (χ1) is 10.4. The SMILES string of the molecule is CN(Cc1ccccc1OC(F)(F)F)C1CC2CCC(C1)N2. The maximum atomic E-state index is 12.5. The lowest BCUT2D eigenvalue weighted by atomic mass is 9.98. The Morgan fingerprint density at radius 2 is 1.82 bits per heavy atom. The van der Waals surface area contributed by atoms with Gasteiger partial charge in [-0.2, -0.15) is 0 Å². The van der Waals surface area contributed by atoms with Crippen molar-refractivity contribution in [2.75, 3.05) is 7.05 Å². The number of nitrogens with zero attached hydrogens (tertiary/aromatic N) is 1. The van der Waals surface area contributed by atoms with Crippen LogP contribution in [0.1, 0.15) is 31.2 Å². The number of hydrogen-bond donors (Lipinski definition) is 1. The number of piperidine rings is 1. The molecule has 22 heavy (non-hydrogen) atoms. The summed E-state index contributed by atoms with van der Waals surface area (Å²) in [5.74, 6) is -0.0984. The van der Waals surface area contributed by atoms with Crippen LogP contribution >= 0.6 is 0 Å². The average molecular weight is 314 g/mol. The fraction of sp³-hybridized carbons (Fsp3) is 0.625. The monoisotopic (exact) mass is 314 g/mol. The van der Waals surface area contributed by atoms with Gasteiger partial charge in [0.15, 0.2) is 0 Å². The number of para-hydroxylation sites is 1. The van der Waals surface area contributed by atoms with Crippen LogP contribution in [0, 0.1) is 0 Å². The molecule has 2 fully saturated rings. The molecule has 6 heteroatoms. The van der Waals surface area contributed by atoms with Crippen molar-refractivity contribution in [2.45, 2.75) is 56.7 Å². The molecule has 0 aliphatic carbocycles. The third-order valence-electron chi connectivity index (χ3n) is 4.69. The topological polar surface area (TPSA) is 24.5 Å². The number of hydrogen-bond acceptors (Lipinski definition) is 3. The standard InChI is InChI=1S/C16H21F3N2O/c1-21(14-8-12-6-7-13(9-14)20-12)10-11-4-2-3-5-15(11)22-16(17,18)19/h2-5,12-14,20H,6-10H2,1H3. The minimum Gasteiger partial charge on any atom is -0.405 e. The normalized spacial score (nSPS) is 28.1. The third kappa shape index (κ3) is 3.73. The summed E-state index contributed by atoms with van der Waals surface area (Å²) in [5, 5.41) is 3.58. The second kappa shape index (κ2) is 6.08. The van der Waals surface area contributed by atoms with Gasteiger partial charge in [-0.25, -0.2) is 0 Å². The lowest BCUT2D eigenvalue weighted by Crippen LogP contribution is -2.46. The fourth-order valence-electron chi connectivity index (χ4n) is 3.64. The van der Waals surface area contributed by atoms with Gasteiger partial charge < -0.3 is 10.1 Å². The summed E-state index contributed by atoms with van der Waals surface area (Å²) >= 11 is 0. The lowest BCUT2D eigenvalue weighted by molar-refractivity contribution is -0.275. The van der Waals surface area contributed by atoms with Crippen LogP contribution in [0.5, 0.6) is 5.75 Å². The second-order valence-electron chi connectivity index (χ2n) is 6.33. The first-order valence-corrected chi connectivity index (χ1v) is 7.70. The molecular formula is C16H21F3N2O. The molecular weight excluding hydrogens is 293 g/mol. The van der Waals surface area contributed by atoms with Crippen molar-refractivity contribution >= 4 is 0 Å². The average Bonchev–Trinajstić information content (AvgIpc) is 2.78. The molecule has 2 heterocycles. The summed E-state index contributed by atoms with van der Waals surface area (Å²) in [6.07, 6.45) is -0.0985. The maximum Gasteiger partial charge on any atom is 0.573 e. The quantitative estimate of drug-likeness (QED) is 0.923. The van der Waals surface area contributed by atoms with Gasteiger partial charge in [0.25, 0.3) is 0 Å². The van der Waals surface area contributed by atoms with E-state index < -0.39 is 6.36 Å². The zero-order valence-electron chi connectivity index (χ0n) is 12.6. The van der Waals surface area contributed by atoms with Crippen molar-refractivity contribution in [3.63, 3.8) is 0 Å². The molecule has 2 bridgehead atoms. The number of fused-ring (bicyclic) bond motifs is 2. The van der Waals surface area contributed by atoms with Crippen molar-refractivity contribution in [3.8, 4) is 5.75 Å². The van der Waals surface area contributed by atoms with E-state index in [1.54, 1.807) is 18.2 Å². The maximum absolute atomic E-state index is 12.5. The Balaban J connectivity index is 1.67. The van der Waals surface area contributed by atoms with Gasteiger partial charge in [-0.05, 0) is 38.8 Å². The first-order valence-electron chi connectivity index (χ1n) is 7.70. The van der Waals surface area contributed by atoms with E-state index in [2.05, 4.69) is 15.0 Å². The smallest absolute Gasteiger partial charge is 0.405 e. The number of alkyl halides is 3. The highest BCUT2D eigenvalue weighted by molar-refractivity contribution is 5.33. The molecule has 0 amide bonds. The first kappa shape index (κ1) is 15.6. The van der Waals surface area contributed by atoms with Crippen LogP contribution in [0.4, 0.5) is 13.2 Å². The van der Waals surface area contributed by atoms with Crippen LogP contribution in [0.15, 0.2) is 24.3 Å². The van der Waals surface area contributed by atoms with Crippen LogP contribution in [0.3, 0.4) is 0 Å². The highest BCUT2D eigenvalue weighted by atomic mass is 19.4. The van der Waals surface area contributed by atoms with Crippen LogP contribution in [-0.4, -0.2) is 36.4 Å². The van der Waals surface area contributed by atoms with E-state index in [-0.39, 0.29) is 5.75 Å². The zero-order chi connectivity index (χ0) is 15.7. The Hall–Kier alpha value is -1.27. The van der Waals surface area contributed by atoms with Crippen molar-refractivity contribution < 1.29 is 17.9 Å². The summed E-state index contributed by atoms with van der Waals surface area (Å²) in [5.41, 5.74) is 0.577. The highest BCUT2D eigenvalue weighted by Crippen LogP contribution is 2.32. The van der Waals surface area contributed by atoms with Gasteiger partial charge in [0.05, 0.1) is 0 Å². The van der Waals surface area contributed by atoms with Gasteiger partial charge in [-0.15, -0.1) is 13.2 Å². The van der Waals surface area contributed by atoms with E-state index in [4.69, 9.17) is 0 Å². The molecule has 2 aliphatic heterocycles. The van der Waals surface area contributed by atoms with E-state index in [1.807, 2.05) is 7.05 Å². The molecule has 1 aromatic rings. The molecule has 122 valence electrons. The van der Waals surface area contributed by atoms with Gasteiger partial charge in [-0.3, -0.25) is 4.90 Å². The minimum absolute atomic E-state index is 0.0984. The van der Waals surface area contributed by atoms with Gasteiger partial charge in [-0.1, -0.05) is 18.2 Å². The number of rotatable bonds is 4. The summed E-state index contributed by atoms with van der Waals surface area (Å²) in [6, 6.07) is 7.93. The van der Waals surface area contributed by atoms with E-state index in [0.29, 0.717) is 30.2 Å². The molecule has 2 aliphatic rings. The Labute approximate surface area is 128 Å². The van der Waals surface area contributed by atoms with Gasteiger partial charge >= 0.3 is 6.36 Å². The molecule has 1 N–H and O–H groups in total. The van der Waals surface area contributed by atoms with E-state index >= 15 is 0 Å². The minimum atomic E-state index is -4.65. The Morgan fingerprint density at radius 1 is 1.18 bits per heavy atom. The molecule has 2 saturated heterocycles. The van der Waals surface area contributed by atoms with E-state index in [1.165, 1.54) is 18.9 Å². The molecule has 0 saturated carbocycles. The summed E-state index contributed by atoms with van der Waals surface area (Å²) < 4.78 is 41.6. The fourth-order valence-corrected chi connectivity index (χ4v) is 3.64. The lowest BCUT2D eigenvalue weighted by Gasteiger charge is -2.35. The molecule has 0 radical (unpaired) electrons. The van der Waals surface area contributed by atoms with Crippen LogP contribution in [0.25, 0.3) is 0 Å². The third-order valence-corrected chi connectivity index (χ3v) is 4.69. The predicted molar refractivity (Wildman–Crippen MR) is 77.6 cm³/mol. The Kier molecular flexibility index (Phi) is 4.32. The molecule has 0 aromatic heterocycles. The van der Waals surface area contributed by atoms with E-state index in [9.17, 15) is 13.2 Å². The number of halogens is 3. The number of nitrogens with one attached hydrogen (secondary N) is 1. The zero-order valence-corrected chi connectivity index (χ0v) is 12.6. The van der Waals surface area contributed by atoms with Crippen molar-refractivity contribution in [1.82, 2.24) is 10.2 Å². The Morgan fingerprint density at radius 3 is 2.45 bits per heavy atom. The molecule has 1 aromatic carbocycles. The van der Waals surface area contributed by atoms with Crippen LogP contribution < -0.4 is 10.1 Å². The molecule has 3 rings (SSSR count). The molecule has 0 spiro atoms. The number of benzene rings is 1. The van der Waals surface area contributed by atoms with Crippen LogP contribution in [0.2, 0.25) is 0 Å². The second-order valence-corrected chi connectivity index (χ2v) is 6.33. The number of ether oxygens (including phenoxy) is 1. The van der Waals surface area contributed by atoms with Crippen molar-refractivity contribution in [3.05, 3.63) is 29.8 Å². The molecule has 3 nitrogen and oxygen atoms in total. The summed E-state index contributed by atoms with van der Waals surface area (Å²) in [6.45, 7) is 0.469. The largest absolute Gasteiger partial charge is 0.573 e. The van der Waals surface area contributed by atoms with Crippen LogP contribution in [-0.2, 0) is 6.54 Å². The van der Waals surface area contributed by atoms with Gasteiger partial charge in [0.2, 0.25) is 0 Å². The highest BCUT2D eigenvalue weighted by Gasteiger charge is 2.36. The summed E-state index contributed by atoms with van der Waals surface area (Å²) in [4.78, 5) is 2.16. The summed E-state index contributed by atoms with van der Waals surface area (Å²) in [7, 11) is 1.99. The van der Waals surface area contributed by atoms with Crippen molar-refractivity contribution in [2.24, 2.45) is 0 Å². The van der Waals surface area contributed by atoms with Crippen molar-refractivity contribution in [1.29, 1.82) is 0 Å². The predicted octanol–water partition coefficient (Wildman–Crippen LogP) is 3.30. The Bertz CT molecular complexity index is 508. The molecule has 2 atom stereocenters. The molecule has 2 unspecified atom stereocenters.